The Bertz CT molecular complexity index is 534. The summed E-state index contributed by atoms with van der Waals surface area (Å²) >= 11 is 6.75. The second-order valence-corrected chi connectivity index (χ2v) is 5.44. The van der Waals surface area contributed by atoms with Gasteiger partial charge in [0.25, 0.3) is 0 Å². The summed E-state index contributed by atoms with van der Waals surface area (Å²) in [5.74, 6) is 0.742. The van der Waals surface area contributed by atoms with Gasteiger partial charge in [-0.05, 0) is 31.2 Å². The molecule has 17 heavy (non-hydrogen) atoms. The predicted molar refractivity (Wildman–Crippen MR) is 76.5 cm³/mol. The molecule has 3 nitrogen and oxygen atoms in total. The van der Waals surface area contributed by atoms with Crippen molar-refractivity contribution in [2.24, 2.45) is 5.73 Å². The molecule has 0 bridgehead atoms. The summed E-state index contributed by atoms with van der Waals surface area (Å²) in [7, 11) is 0. The lowest BCUT2D eigenvalue weighted by atomic mass is 10.2. The molecule has 0 saturated carbocycles. The Morgan fingerprint density at radius 2 is 2.29 bits per heavy atom. The summed E-state index contributed by atoms with van der Waals surface area (Å²) in [6.07, 6.45) is 1.73. The molecule has 0 unspecified atom stereocenters. The number of pyridine rings is 1. The zero-order valence-electron chi connectivity index (χ0n) is 9.43. The number of anilines is 1. The maximum absolute atomic E-state index is 5.64. The lowest BCUT2D eigenvalue weighted by Gasteiger charge is -2.08. The highest BCUT2D eigenvalue weighted by Crippen LogP contribution is 2.18. The third kappa shape index (κ3) is 3.01. The van der Waals surface area contributed by atoms with Crippen molar-refractivity contribution in [1.82, 2.24) is 4.98 Å². The SMILES string of the molecule is Cc1ccc(CNc2ncccc2C(N)=S)s1. The van der Waals surface area contributed by atoms with Crippen LogP contribution < -0.4 is 11.1 Å². The van der Waals surface area contributed by atoms with Gasteiger partial charge in [-0.15, -0.1) is 11.3 Å². The minimum atomic E-state index is 0.364. The van der Waals surface area contributed by atoms with E-state index in [2.05, 4.69) is 29.4 Å². The summed E-state index contributed by atoms with van der Waals surface area (Å²) in [6.45, 7) is 2.83. The number of thiocarbonyl (C=S) groups is 1. The molecular formula is C12H13N3S2. The van der Waals surface area contributed by atoms with Crippen LogP contribution in [0.3, 0.4) is 0 Å². The van der Waals surface area contributed by atoms with E-state index in [4.69, 9.17) is 18.0 Å². The van der Waals surface area contributed by atoms with Crippen molar-refractivity contribution in [2.45, 2.75) is 13.5 Å². The molecule has 2 heterocycles. The van der Waals surface area contributed by atoms with E-state index < -0.39 is 0 Å². The zero-order valence-corrected chi connectivity index (χ0v) is 11.1. The van der Waals surface area contributed by atoms with Gasteiger partial charge >= 0.3 is 0 Å². The summed E-state index contributed by atoms with van der Waals surface area (Å²) < 4.78 is 0. The van der Waals surface area contributed by atoms with Gasteiger partial charge < -0.3 is 11.1 Å². The lowest BCUT2D eigenvalue weighted by molar-refractivity contribution is 1.14. The number of aryl methyl sites for hydroxylation is 1. The second-order valence-electron chi connectivity index (χ2n) is 3.63. The summed E-state index contributed by atoms with van der Waals surface area (Å²) in [4.78, 5) is 7.18. The molecule has 0 atom stereocenters. The number of nitrogens with two attached hydrogens (primary N) is 1. The summed E-state index contributed by atoms with van der Waals surface area (Å²) in [5.41, 5.74) is 6.43. The Morgan fingerprint density at radius 3 is 2.94 bits per heavy atom. The van der Waals surface area contributed by atoms with Gasteiger partial charge in [0.1, 0.15) is 10.8 Å². The third-order valence-corrected chi connectivity index (χ3v) is 3.52. The van der Waals surface area contributed by atoms with Crippen molar-refractivity contribution in [3.63, 3.8) is 0 Å². The fraction of sp³-hybridized carbons (Fsp3) is 0.167. The van der Waals surface area contributed by atoms with E-state index in [0.717, 1.165) is 17.9 Å². The van der Waals surface area contributed by atoms with E-state index in [9.17, 15) is 0 Å². The van der Waals surface area contributed by atoms with Crippen LogP contribution in [0.15, 0.2) is 30.5 Å². The number of hydrogen-bond acceptors (Lipinski definition) is 4. The van der Waals surface area contributed by atoms with Crippen LogP contribution in [0, 0.1) is 6.92 Å². The fourth-order valence-electron chi connectivity index (χ4n) is 1.50. The van der Waals surface area contributed by atoms with Crippen molar-refractivity contribution in [3.05, 3.63) is 45.8 Å². The molecule has 0 saturated heterocycles. The van der Waals surface area contributed by atoms with Crippen LogP contribution >= 0.6 is 23.6 Å². The van der Waals surface area contributed by atoms with Gasteiger partial charge in [-0.2, -0.15) is 0 Å². The Kier molecular flexibility index (Phi) is 3.71. The number of thiophene rings is 1. The largest absolute Gasteiger partial charge is 0.389 e. The van der Waals surface area contributed by atoms with Crippen LogP contribution in [0.5, 0.6) is 0 Å². The standard InChI is InChI=1S/C12H13N3S2/c1-8-4-5-9(17-8)7-15-12-10(11(13)16)3-2-6-14-12/h2-6H,7H2,1H3,(H2,13,16)(H,14,15). The quantitative estimate of drug-likeness (QED) is 0.833. The minimum Gasteiger partial charge on any atom is -0.389 e. The van der Waals surface area contributed by atoms with Gasteiger partial charge in [-0.3, -0.25) is 0 Å². The third-order valence-electron chi connectivity index (χ3n) is 2.30. The predicted octanol–water partition coefficient (Wildman–Crippen LogP) is 2.70. The van der Waals surface area contributed by atoms with E-state index in [1.807, 2.05) is 12.1 Å². The second kappa shape index (κ2) is 5.25. The Hall–Kier alpha value is -1.46. The van der Waals surface area contributed by atoms with E-state index in [-0.39, 0.29) is 0 Å². The average molecular weight is 263 g/mol. The molecule has 0 amide bonds. The van der Waals surface area contributed by atoms with E-state index in [1.54, 1.807) is 17.5 Å². The molecule has 5 heteroatoms. The van der Waals surface area contributed by atoms with Gasteiger partial charge in [-0.1, -0.05) is 12.2 Å². The monoisotopic (exact) mass is 263 g/mol. The molecule has 0 aromatic carbocycles. The van der Waals surface area contributed by atoms with Crippen molar-refractivity contribution in [1.29, 1.82) is 0 Å². The van der Waals surface area contributed by atoms with Crippen LogP contribution in [-0.2, 0) is 6.54 Å². The van der Waals surface area contributed by atoms with Gasteiger partial charge in [0.2, 0.25) is 0 Å². The van der Waals surface area contributed by atoms with Crippen molar-refractivity contribution < 1.29 is 0 Å². The average Bonchev–Trinajstić information content (AvgIpc) is 2.73. The van der Waals surface area contributed by atoms with Crippen LogP contribution in [0.25, 0.3) is 0 Å². The Balaban J connectivity index is 2.11. The number of rotatable bonds is 4. The summed E-state index contributed by atoms with van der Waals surface area (Å²) in [5, 5.41) is 3.26. The van der Waals surface area contributed by atoms with E-state index in [0.29, 0.717) is 4.99 Å². The normalized spacial score (nSPS) is 10.2. The lowest BCUT2D eigenvalue weighted by Crippen LogP contribution is -2.14. The van der Waals surface area contributed by atoms with Gasteiger partial charge in [-0.25, -0.2) is 4.98 Å². The zero-order chi connectivity index (χ0) is 12.3. The summed E-state index contributed by atoms with van der Waals surface area (Å²) in [6, 6.07) is 7.91. The van der Waals surface area contributed by atoms with E-state index >= 15 is 0 Å². The van der Waals surface area contributed by atoms with Crippen LogP contribution in [0.4, 0.5) is 5.82 Å². The first kappa shape index (κ1) is 12.0. The fourth-order valence-corrected chi connectivity index (χ4v) is 2.49. The van der Waals surface area contributed by atoms with Crippen LogP contribution in [0.1, 0.15) is 15.3 Å². The Morgan fingerprint density at radius 1 is 1.47 bits per heavy atom. The van der Waals surface area contributed by atoms with Gasteiger partial charge in [0, 0.05) is 16.0 Å². The molecule has 0 aliphatic rings. The van der Waals surface area contributed by atoms with Crippen molar-refractivity contribution >= 4 is 34.4 Å². The molecule has 3 N–H and O–H groups in total. The van der Waals surface area contributed by atoms with Crippen LogP contribution in [-0.4, -0.2) is 9.97 Å². The first-order valence-corrected chi connectivity index (χ1v) is 6.43. The number of nitrogens with zero attached hydrogens (tertiary/aromatic N) is 1. The molecule has 0 spiro atoms. The molecule has 0 aliphatic heterocycles. The number of hydrogen-bond donors (Lipinski definition) is 2. The molecule has 0 aliphatic carbocycles. The first-order chi connectivity index (χ1) is 8.16. The van der Waals surface area contributed by atoms with Gasteiger partial charge in [0.05, 0.1) is 12.1 Å². The van der Waals surface area contributed by atoms with Crippen molar-refractivity contribution in [2.75, 3.05) is 5.32 Å². The smallest absolute Gasteiger partial charge is 0.136 e. The van der Waals surface area contributed by atoms with Crippen LogP contribution in [0.2, 0.25) is 0 Å². The molecule has 2 aromatic rings. The molecule has 88 valence electrons. The molecule has 2 aromatic heterocycles. The van der Waals surface area contributed by atoms with Gasteiger partial charge in [0.15, 0.2) is 0 Å². The highest BCUT2D eigenvalue weighted by molar-refractivity contribution is 7.80. The maximum atomic E-state index is 5.64. The molecule has 0 fully saturated rings. The molecule has 0 radical (unpaired) electrons. The molecular weight excluding hydrogens is 250 g/mol. The first-order valence-electron chi connectivity index (χ1n) is 5.21. The highest BCUT2D eigenvalue weighted by Gasteiger charge is 2.05. The van der Waals surface area contributed by atoms with Crippen molar-refractivity contribution in [3.8, 4) is 0 Å². The maximum Gasteiger partial charge on any atom is 0.136 e. The topological polar surface area (TPSA) is 50.9 Å². The highest BCUT2D eigenvalue weighted by atomic mass is 32.1. The minimum absolute atomic E-state index is 0.364. The Labute approximate surface area is 110 Å². The molecule has 2 rings (SSSR count). The van der Waals surface area contributed by atoms with E-state index in [1.165, 1.54) is 9.75 Å². The number of nitrogens with one attached hydrogen (secondary N) is 1. The number of aromatic nitrogens is 1.